The van der Waals surface area contributed by atoms with Crippen LogP contribution in [0, 0.1) is 0 Å². The Labute approximate surface area is 188 Å². The minimum atomic E-state index is -0.276. The van der Waals surface area contributed by atoms with Gasteiger partial charge in [-0.15, -0.1) is 39.5 Å². The van der Waals surface area contributed by atoms with E-state index in [2.05, 4.69) is 75.9 Å². The molecule has 2 aromatic rings. The van der Waals surface area contributed by atoms with Crippen molar-refractivity contribution in [3.05, 3.63) is 146 Å². The molecule has 2 atom stereocenters. The van der Waals surface area contributed by atoms with Crippen molar-refractivity contribution in [3.8, 4) is 0 Å². The number of ether oxygens (including phenoxy) is 1. The van der Waals surface area contributed by atoms with Crippen LogP contribution < -0.4 is 0 Å². The highest BCUT2D eigenvalue weighted by atomic mass is 16.5. The van der Waals surface area contributed by atoms with E-state index in [1.54, 1.807) is 0 Å². The van der Waals surface area contributed by atoms with E-state index in [1.165, 1.54) is 22.3 Å². The van der Waals surface area contributed by atoms with Crippen LogP contribution in [-0.2, 0) is 30.4 Å². The highest BCUT2D eigenvalue weighted by molar-refractivity contribution is 5.40. The van der Waals surface area contributed by atoms with Gasteiger partial charge < -0.3 is 4.74 Å². The van der Waals surface area contributed by atoms with Crippen molar-refractivity contribution in [3.63, 3.8) is 0 Å². The van der Waals surface area contributed by atoms with Crippen molar-refractivity contribution in [2.75, 3.05) is 0 Å². The third kappa shape index (κ3) is 6.41. The Balaban J connectivity index is 2.48. The van der Waals surface area contributed by atoms with Crippen LogP contribution in [-0.4, -0.2) is 0 Å². The maximum atomic E-state index is 6.60. The molecule has 0 amide bonds. The van der Waals surface area contributed by atoms with Gasteiger partial charge in [0.15, 0.2) is 0 Å². The molecule has 0 aliphatic rings. The molecule has 0 N–H and O–H groups in total. The summed E-state index contributed by atoms with van der Waals surface area (Å²) in [5, 5.41) is 0. The fourth-order valence-corrected chi connectivity index (χ4v) is 3.76. The van der Waals surface area contributed by atoms with E-state index in [4.69, 9.17) is 4.74 Å². The van der Waals surface area contributed by atoms with Gasteiger partial charge in [-0.1, -0.05) is 72.9 Å². The molecule has 0 radical (unpaired) electrons. The third-order valence-corrected chi connectivity index (χ3v) is 5.24. The molecular formula is C30H34O. The van der Waals surface area contributed by atoms with Crippen molar-refractivity contribution in [1.82, 2.24) is 0 Å². The van der Waals surface area contributed by atoms with Crippen molar-refractivity contribution in [1.29, 1.82) is 0 Å². The first-order valence-corrected chi connectivity index (χ1v) is 10.7. The quantitative estimate of drug-likeness (QED) is 0.289. The van der Waals surface area contributed by atoms with Crippen molar-refractivity contribution in [2.45, 2.75) is 37.9 Å². The van der Waals surface area contributed by atoms with Crippen LogP contribution in [0.5, 0.6) is 0 Å². The molecule has 31 heavy (non-hydrogen) atoms. The van der Waals surface area contributed by atoms with E-state index in [0.29, 0.717) is 0 Å². The second-order valence-electron chi connectivity index (χ2n) is 7.49. The van der Waals surface area contributed by atoms with Crippen LogP contribution in [0.4, 0.5) is 0 Å². The lowest BCUT2D eigenvalue weighted by atomic mass is 9.94. The smallest absolute Gasteiger partial charge is 0.102 e. The van der Waals surface area contributed by atoms with Crippen LogP contribution in [0.2, 0.25) is 0 Å². The Kier molecular flexibility index (Phi) is 9.74. The van der Waals surface area contributed by atoms with E-state index in [1.807, 2.05) is 36.5 Å². The molecule has 1 heteroatoms. The number of hydrogen-bond donors (Lipinski definition) is 0. The summed E-state index contributed by atoms with van der Waals surface area (Å²) < 4.78 is 6.60. The molecular weight excluding hydrogens is 376 g/mol. The van der Waals surface area contributed by atoms with Gasteiger partial charge in [0.2, 0.25) is 0 Å². The van der Waals surface area contributed by atoms with Gasteiger partial charge in [-0.25, -0.2) is 0 Å². The van der Waals surface area contributed by atoms with E-state index >= 15 is 0 Å². The number of allylic oxidation sites excluding steroid dienone is 4. The van der Waals surface area contributed by atoms with Crippen molar-refractivity contribution >= 4 is 0 Å². The zero-order valence-electron chi connectivity index (χ0n) is 18.6. The fourth-order valence-electron chi connectivity index (χ4n) is 3.76. The minimum Gasteiger partial charge on any atom is -0.357 e. The third-order valence-electron chi connectivity index (χ3n) is 5.24. The molecule has 2 aromatic carbocycles. The lowest BCUT2D eigenvalue weighted by molar-refractivity contribution is 0.0394. The van der Waals surface area contributed by atoms with Crippen LogP contribution in [0.15, 0.2) is 112 Å². The van der Waals surface area contributed by atoms with Crippen molar-refractivity contribution in [2.24, 2.45) is 0 Å². The summed E-state index contributed by atoms with van der Waals surface area (Å²) in [6.45, 7) is 23.7. The van der Waals surface area contributed by atoms with Crippen molar-refractivity contribution < 1.29 is 4.74 Å². The van der Waals surface area contributed by atoms with E-state index < -0.39 is 0 Å². The predicted octanol–water partition coefficient (Wildman–Crippen LogP) is 7.77. The summed E-state index contributed by atoms with van der Waals surface area (Å²) in [4.78, 5) is 0. The zero-order valence-corrected chi connectivity index (χ0v) is 18.6. The Hall–Kier alpha value is -3.16. The van der Waals surface area contributed by atoms with Gasteiger partial charge in [-0.3, -0.25) is 0 Å². The molecule has 0 saturated carbocycles. The highest BCUT2D eigenvalue weighted by Gasteiger charge is 2.20. The zero-order chi connectivity index (χ0) is 22.6. The number of hydrogen-bond acceptors (Lipinski definition) is 1. The van der Waals surface area contributed by atoms with Gasteiger partial charge in [0.1, 0.15) is 12.2 Å². The summed E-state index contributed by atoms with van der Waals surface area (Å²) in [6, 6.07) is 12.9. The summed E-state index contributed by atoms with van der Waals surface area (Å²) >= 11 is 0. The lowest BCUT2D eigenvalue weighted by Crippen LogP contribution is -2.11. The Morgan fingerprint density at radius 1 is 0.581 bits per heavy atom. The predicted molar refractivity (Wildman–Crippen MR) is 135 cm³/mol. The molecule has 2 rings (SSSR count). The monoisotopic (exact) mass is 410 g/mol. The lowest BCUT2D eigenvalue weighted by Gasteiger charge is -2.25. The van der Waals surface area contributed by atoms with Gasteiger partial charge in [0.25, 0.3) is 0 Å². The summed E-state index contributed by atoms with van der Waals surface area (Å²) in [5.74, 6) is 0. The topological polar surface area (TPSA) is 9.23 Å². The molecule has 0 spiro atoms. The van der Waals surface area contributed by atoms with Gasteiger partial charge in [-0.2, -0.15) is 0 Å². The number of benzene rings is 2. The Morgan fingerprint density at radius 3 is 1.29 bits per heavy atom. The summed E-state index contributed by atoms with van der Waals surface area (Å²) in [6.07, 6.45) is 14.0. The van der Waals surface area contributed by atoms with Gasteiger partial charge in [0, 0.05) is 0 Å². The van der Waals surface area contributed by atoms with Gasteiger partial charge >= 0.3 is 0 Å². The molecule has 0 saturated heterocycles. The maximum absolute atomic E-state index is 6.60. The fraction of sp³-hybridized carbons (Fsp3) is 0.200. The molecule has 0 aliphatic carbocycles. The van der Waals surface area contributed by atoms with Crippen LogP contribution in [0.1, 0.15) is 45.6 Å². The summed E-state index contributed by atoms with van der Waals surface area (Å²) in [7, 11) is 0. The second-order valence-corrected chi connectivity index (χ2v) is 7.49. The van der Waals surface area contributed by atoms with Crippen LogP contribution in [0.25, 0.3) is 0 Å². The van der Waals surface area contributed by atoms with Crippen LogP contribution >= 0.6 is 0 Å². The summed E-state index contributed by atoms with van der Waals surface area (Å²) in [5.41, 5.74) is 6.97. The SMILES string of the molecule is C=CCc1ccc(CC=C)c(C(C=C)OC(C=C)c2cc(CC=C)ccc2CC=C)c1. The molecule has 1 nitrogen and oxygen atoms in total. The van der Waals surface area contributed by atoms with Crippen LogP contribution in [0.3, 0.4) is 0 Å². The van der Waals surface area contributed by atoms with Gasteiger partial charge in [0.05, 0.1) is 0 Å². The first-order valence-electron chi connectivity index (χ1n) is 10.7. The first-order chi connectivity index (χ1) is 15.1. The standard InChI is InChI=1S/C30H34O/c1-7-13-23-17-19-25(15-9-3)27(21-23)29(11-5)31-30(12-6)28-22-24(14-8-2)18-20-26(28)16-10-4/h7-12,17-22,29-30H,1-6,13-16H2. The normalized spacial score (nSPS) is 12.4. The molecule has 0 bridgehead atoms. The molecule has 0 aliphatic heterocycles. The second kappa shape index (κ2) is 12.5. The molecule has 0 aromatic heterocycles. The first kappa shape index (κ1) is 24.1. The average Bonchev–Trinajstić information content (AvgIpc) is 2.78. The van der Waals surface area contributed by atoms with E-state index in [0.717, 1.165) is 36.8 Å². The molecule has 0 heterocycles. The average molecular weight is 411 g/mol. The maximum Gasteiger partial charge on any atom is 0.102 e. The highest BCUT2D eigenvalue weighted by Crippen LogP contribution is 2.33. The molecule has 160 valence electrons. The van der Waals surface area contributed by atoms with E-state index in [9.17, 15) is 0 Å². The Morgan fingerprint density at radius 2 is 0.968 bits per heavy atom. The Bertz CT molecular complexity index is 869. The minimum absolute atomic E-state index is 0.276. The molecule has 2 unspecified atom stereocenters. The van der Waals surface area contributed by atoms with E-state index in [-0.39, 0.29) is 12.2 Å². The largest absolute Gasteiger partial charge is 0.357 e. The number of rotatable bonds is 14. The molecule has 0 fully saturated rings. The van der Waals surface area contributed by atoms with Gasteiger partial charge in [-0.05, 0) is 59.1 Å².